The molecule has 2 aromatic heterocycles. The Labute approximate surface area is 180 Å². The lowest BCUT2D eigenvalue weighted by atomic mass is 10.1. The van der Waals surface area contributed by atoms with Crippen LogP contribution >= 0.6 is 11.6 Å². The van der Waals surface area contributed by atoms with Crippen molar-refractivity contribution in [2.24, 2.45) is 7.05 Å². The number of anilines is 2. The van der Waals surface area contributed by atoms with Crippen LogP contribution in [-0.4, -0.2) is 45.8 Å². The summed E-state index contributed by atoms with van der Waals surface area (Å²) in [6.45, 7) is 3.49. The fourth-order valence-corrected chi connectivity index (χ4v) is 4.23. The van der Waals surface area contributed by atoms with Crippen LogP contribution in [0.5, 0.6) is 5.75 Å². The van der Waals surface area contributed by atoms with Crippen LogP contribution in [0.4, 0.5) is 11.5 Å². The van der Waals surface area contributed by atoms with Crippen LogP contribution in [0.2, 0.25) is 5.02 Å². The van der Waals surface area contributed by atoms with E-state index in [1.165, 1.54) is 6.20 Å². The molecule has 3 heterocycles. The van der Waals surface area contributed by atoms with Crippen molar-refractivity contribution >= 4 is 34.1 Å². The van der Waals surface area contributed by atoms with E-state index in [1.54, 1.807) is 6.07 Å². The van der Waals surface area contributed by atoms with Gasteiger partial charge in [-0.15, -0.1) is 0 Å². The van der Waals surface area contributed by atoms with Crippen LogP contribution in [0.15, 0.2) is 60.8 Å². The minimum Gasteiger partial charge on any atom is -0.506 e. The van der Waals surface area contributed by atoms with Gasteiger partial charge in [-0.25, -0.2) is 9.97 Å². The molecule has 6 nitrogen and oxygen atoms in total. The van der Waals surface area contributed by atoms with Gasteiger partial charge in [0.2, 0.25) is 0 Å². The first-order valence-corrected chi connectivity index (χ1v) is 10.3. The number of nitrogens with zero attached hydrogens (tertiary/aromatic N) is 5. The van der Waals surface area contributed by atoms with Gasteiger partial charge in [0, 0.05) is 44.5 Å². The lowest BCUT2D eigenvalue weighted by Crippen LogP contribution is -2.46. The minimum atomic E-state index is 0.188. The van der Waals surface area contributed by atoms with Crippen LogP contribution in [0.3, 0.4) is 0 Å². The Kier molecular flexibility index (Phi) is 4.71. The van der Waals surface area contributed by atoms with Gasteiger partial charge in [-0.05, 0) is 42.5 Å². The van der Waals surface area contributed by atoms with Gasteiger partial charge >= 0.3 is 0 Å². The van der Waals surface area contributed by atoms with E-state index in [0.29, 0.717) is 5.02 Å². The number of imidazole rings is 1. The molecule has 30 heavy (non-hydrogen) atoms. The maximum absolute atomic E-state index is 9.45. The molecule has 1 aliphatic rings. The molecule has 7 heteroatoms. The highest BCUT2D eigenvalue weighted by molar-refractivity contribution is 6.33. The maximum Gasteiger partial charge on any atom is 0.142 e. The van der Waals surface area contributed by atoms with E-state index in [2.05, 4.69) is 37.5 Å². The van der Waals surface area contributed by atoms with E-state index in [-0.39, 0.29) is 5.75 Å². The molecule has 0 spiro atoms. The van der Waals surface area contributed by atoms with Crippen LogP contribution in [-0.2, 0) is 7.05 Å². The third-order valence-electron chi connectivity index (χ3n) is 5.68. The number of hydrogen-bond donors (Lipinski definition) is 1. The molecule has 0 unspecified atom stereocenters. The van der Waals surface area contributed by atoms with Crippen molar-refractivity contribution in [2.75, 3.05) is 36.0 Å². The second-order valence-electron chi connectivity index (χ2n) is 7.50. The number of pyridine rings is 1. The summed E-state index contributed by atoms with van der Waals surface area (Å²) in [6, 6.07) is 17.8. The first kappa shape index (κ1) is 18.8. The molecular weight excluding hydrogens is 398 g/mol. The summed E-state index contributed by atoms with van der Waals surface area (Å²) in [7, 11) is 2.02. The Hall–Kier alpha value is -3.25. The number of aryl methyl sites for hydroxylation is 1. The van der Waals surface area contributed by atoms with Crippen molar-refractivity contribution in [1.29, 1.82) is 0 Å². The van der Waals surface area contributed by atoms with Crippen molar-refractivity contribution in [1.82, 2.24) is 14.5 Å². The molecule has 1 aliphatic heterocycles. The summed E-state index contributed by atoms with van der Waals surface area (Å²) >= 11 is 6.58. The molecule has 0 amide bonds. The number of aromatic hydroxyl groups is 1. The van der Waals surface area contributed by atoms with Crippen molar-refractivity contribution in [3.05, 3.63) is 65.8 Å². The Bertz CT molecular complexity index is 1200. The molecular formula is C23H22ClN5O. The van der Waals surface area contributed by atoms with Gasteiger partial charge in [-0.1, -0.05) is 23.7 Å². The Balaban J connectivity index is 1.40. The van der Waals surface area contributed by atoms with E-state index < -0.39 is 0 Å². The van der Waals surface area contributed by atoms with Gasteiger partial charge in [-0.2, -0.15) is 0 Å². The molecule has 5 rings (SSSR count). The number of piperazine rings is 1. The number of halogens is 1. The quantitative estimate of drug-likeness (QED) is 0.536. The number of hydrogen-bond acceptors (Lipinski definition) is 5. The van der Waals surface area contributed by atoms with E-state index >= 15 is 0 Å². The highest BCUT2D eigenvalue weighted by Gasteiger charge is 2.20. The number of fused-ring (bicyclic) bond motifs is 1. The fraction of sp³-hybridized carbons (Fsp3) is 0.217. The van der Waals surface area contributed by atoms with Gasteiger partial charge in [0.25, 0.3) is 0 Å². The molecule has 1 fully saturated rings. The van der Waals surface area contributed by atoms with Crippen molar-refractivity contribution in [2.45, 2.75) is 0 Å². The highest BCUT2D eigenvalue weighted by Crippen LogP contribution is 2.33. The number of benzene rings is 2. The standard InChI is InChI=1S/C23H22ClN5O/c1-27-21-5-3-2-4-20(21)26-23(27)18-14-16(6-8-19(18)24)28-10-12-29(13-11-28)22-9-7-17(30)15-25-22/h2-9,14-15,30H,10-13H2,1H3. The summed E-state index contributed by atoms with van der Waals surface area (Å²) in [5.74, 6) is 1.95. The van der Waals surface area contributed by atoms with Crippen LogP contribution in [0.1, 0.15) is 0 Å². The predicted molar refractivity (Wildman–Crippen MR) is 121 cm³/mol. The fourth-order valence-electron chi connectivity index (χ4n) is 4.03. The molecule has 0 atom stereocenters. The number of rotatable bonds is 3. The normalized spacial score (nSPS) is 14.5. The molecule has 0 aliphatic carbocycles. The second-order valence-corrected chi connectivity index (χ2v) is 7.90. The van der Waals surface area contributed by atoms with Crippen molar-refractivity contribution in [3.8, 4) is 17.1 Å². The van der Waals surface area contributed by atoms with Gasteiger partial charge in [0.15, 0.2) is 0 Å². The van der Waals surface area contributed by atoms with E-state index in [4.69, 9.17) is 16.6 Å². The average Bonchev–Trinajstić information content (AvgIpc) is 3.11. The molecule has 0 bridgehead atoms. The van der Waals surface area contributed by atoms with Gasteiger partial charge in [0.1, 0.15) is 17.4 Å². The third-order valence-corrected chi connectivity index (χ3v) is 6.01. The van der Waals surface area contributed by atoms with Crippen molar-refractivity contribution < 1.29 is 5.11 Å². The summed E-state index contributed by atoms with van der Waals surface area (Å²) in [5.41, 5.74) is 4.13. The van der Waals surface area contributed by atoms with Gasteiger partial charge in [0.05, 0.1) is 22.3 Å². The Morgan fingerprint density at radius 1 is 0.933 bits per heavy atom. The molecule has 1 saturated heterocycles. The van der Waals surface area contributed by atoms with Crippen LogP contribution in [0, 0.1) is 0 Å². The summed E-state index contributed by atoms with van der Waals surface area (Å²) < 4.78 is 2.09. The Morgan fingerprint density at radius 3 is 2.43 bits per heavy atom. The molecule has 152 valence electrons. The highest BCUT2D eigenvalue weighted by atomic mass is 35.5. The molecule has 2 aromatic carbocycles. The monoisotopic (exact) mass is 419 g/mol. The lowest BCUT2D eigenvalue weighted by molar-refractivity contribution is 0.472. The molecule has 0 radical (unpaired) electrons. The van der Waals surface area contributed by atoms with Crippen LogP contribution < -0.4 is 9.80 Å². The topological polar surface area (TPSA) is 57.4 Å². The van der Waals surface area contributed by atoms with Crippen LogP contribution in [0.25, 0.3) is 22.4 Å². The maximum atomic E-state index is 9.45. The van der Waals surface area contributed by atoms with Gasteiger partial charge < -0.3 is 19.5 Å². The first-order chi connectivity index (χ1) is 14.6. The van der Waals surface area contributed by atoms with Gasteiger partial charge in [-0.3, -0.25) is 0 Å². The zero-order chi connectivity index (χ0) is 20.7. The Morgan fingerprint density at radius 2 is 1.70 bits per heavy atom. The minimum absolute atomic E-state index is 0.188. The third kappa shape index (κ3) is 3.33. The first-order valence-electron chi connectivity index (χ1n) is 9.96. The predicted octanol–water partition coefficient (Wildman–Crippen LogP) is 4.32. The SMILES string of the molecule is Cn1c(-c2cc(N3CCN(c4ccc(O)cn4)CC3)ccc2Cl)nc2ccccc21. The summed E-state index contributed by atoms with van der Waals surface area (Å²) in [6.07, 6.45) is 1.49. The molecule has 4 aromatic rings. The number of para-hydroxylation sites is 2. The summed E-state index contributed by atoms with van der Waals surface area (Å²) in [4.78, 5) is 13.7. The lowest BCUT2D eigenvalue weighted by Gasteiger charge is -2.37. The van der Waals surface area contributed by atoms with E-state index in [9.17, 15) is 5.11 Å². The zero-order valence-corrected chi connectivity index (χ0v) is 17.4. The van der Waals surface area contributed by atoms with E-state index in [0.717, 1.165) is 60.1 Å². The zero-order valence-electron chi connectivity index (χ0n) is 16.7. The molecule has 0 saturated carbocycles. The largest absolute Gasteiger partial charge is 0.506 e. The summed E-state index contributed by atoms with van der Waals surface area (Å²) in [5, 5.41) is 10.1. The molecule has 1 N–H and O–H groups in total. The smallest absolute Gasteiger partial charge is 0.142 e. The second kappa shape index (κ2) is 7.54. The van der Waals surface area contributed by atoms with E-state index in [1.807, 2.05) is 37.4 Å². The van der Waals surface area contributed by atoms with Crippen molar-refractivity contribution in [3.63, 3.8) is 0 Å². The average molecular weight is 420 g/mol. The number of aromatic nitrogens is 3.